The third-order valence-corrected chi connectivity index (χ3v) is 6.96. The number of aliphatic hydroxyl groups excluding tert-OH is 1. The van der Waals surface area contributed by atoms with Gasteiger partial charge in [0, 0.05) is 17.5 Å². The molecule has 0 spiro atoms. The molecular weight excluding hydrogens is 436 g/mol. The molecule has 0 aromatic heterocycles. The number of rotatable bonds is 7. The lowest BCUT2D eigenvalue weighted by atomic mass is 9.82. The van der Waals surface area contributed by atoms with Gasteiger partial charge in [-0.15, -0.1) is 0 Å². The van der Waals surface area contributed by atoms with E-state index in [1.165, 1.54) is 12.5 Å². The Labute approximate surface area is 201 Å². The minimum absolute atomic E-state index is 0.0902. The minimum atomic E-state index is -1.09. The quantitative estimate of drug-likeness (QED) is 0.294. The smallest absolute Gasteiger partial charge is 0.317 e. The number of aliphatic hydroxyl groups is 1. The fraction of sp³-hybridized carbons (Fsp3) is 0.556. The number of ketones is 1. The van der Waals surface area contributed by atoms with Crippen LogP contribution in [0.5, 0.6) is 17.2 Å². The number of fused-ring (bicyclic) bond motifs is 1. The summed E-state index contributed by atoms with van der Waals surface area (Å²) < 4.78 is 11.8. The van der Waals surface area contributed by atoms with Crippen LogP contribution in [0.25, 0.3) is 0 Å². The Morgan fingerprint density at radius 3 is 2.47 bits per heavy atom. The number of Topliss-reactive ketones (excluding diaryl/α,β-unsaturated/α-hetero) is 1. The summed E-state index contributed by atoms with van der Waals surface area (Å²) >= 11 is 0. The molecule has 3 rings (SSSR count). The van der Waals surface area contributed by atoms with Gasteiger partial charge < -0.3 is 24.8 Å². The number of ether oxygens (including phenoxy) is 2. The molecule has 7 nitrogen and oxygen atoms in total. The number of cyclic esters (lactones) is 1. The third kappa shape index (κ3) is 4.85. The molecule has 34 heavy (non-hydrogen) atoms. The predicted octanol–water partition coefficient (Wildman–Crippen LogP) is 4.89. The molecule has 0 unspecified atom stereocenters. The van der Waals surface area contributed by atoms with Crippen LogP contribution in [0.3, 0.4) is 0 Å². The lowest BCUT2D eigenvalue weighted by Gasteiger charge is -2.38. The monoisotopic (exact) mass is 472 g/mol. The molecule has 1 aromatic rings. The Hall–Kier alpha value is -2.80. The van der Waals surface area contributed by atoms with Crippen LogP contribution in [0.2, 0.25) is 0 Å². The Morgan fingerprint density at radius 1 is 1.21 bits per heavy atom. The van der Waals surface area contributed by atoms with Gasteiger partial charge in [0.15, 0.2) is 5.78 Å². The topological polar surface area (TPSA) is 113 Å². The zero-order valence-electron chi connectivity index (χ0n) is 20.9. The molecule has 3 N–H and O–H groups in total. The van der Waals surface area contributed by atoms with Crippen LogP contribution < -0.4 is 4.74 Å². The van der Waals surface area contributed by atoms with Gasteiger partial charge in [0.25, 0.3) is 0 Å². The third-order valence-electron chi connectivity index (χ3n) is 6.96. The maximum Gasteiger partial charge on any atom is 0.317 e. The molecule has 0 amide bonds. The molecule has 0 radical (unpaired) electrons. The van der Waals surface area contributed by atoms with E-state index in [1.807, 2.05) is 27.7 Å². The van der Waals surface area contributed by atoms with Crippen LogP contribution in [0.4, 0.5) is 0 Å². The Kier molecular flexibility index (Phi) is 7.46. The molecule has 7 heteroatoms. The maximum absolute atomic E-state index is 12.8. The molecule has 0 saturated heterocycles. The number of carbonyl (C=O) groups excluding carboxylic acids is 2. The summed E-state index contributed by atoms with van der Waals surface area (Å²) in [4.78, 5) is 25.1. The molecule has 0 fully saturated rings. The van der Waals surface area contributed by atoms with Crippen LogP contribution in [-0.4, -0.2) is 38.8 Å². The van der Waals surface area contributed by atoms with Crippen molar-refractivity contribution in [3.8, 4) is 17.2 Å². The summed E-state index contributed by atoms with van der Waals surface area (Å²) in [5, 5.41) is 32.8. The van der Waals surface area contributed by atoms with Crippen LogP contribution in [0.1, 0.15) is 88.7 Å². The number of phenolic OH excluding ortho intramolecular Hbond substituents is 2. The van der Waals surface area contributed by atoms with Gasteiger partial charge in [0.05, 0.1) is 12.0 Å². The van der Waals surface area contributed by atoms with E-state index in [0.29, 0.717) is 36.2 Å². The van der Waals surface area contributed by atoms with E-state index in [0.717, 1.165) is 12.8 Å². The van der Waals surface area contributed by atoms with E-state index in [1.54, 1.807) is 6.92 Å². The van der Waals surface area contributed by atoms with E-state index >= 15 is 0 Å². The highest BCUT2D eigenvalue weighted by Crippen LogP contribution is 2.49. The van der Waals surface area contributed by atoms with Crippen molar-refractivity contribution in [3.63, 3.8) is 0 Å². The van der Waals surface area contributed by atoms with Crippen molar-refractivity contribution in [1.82, 2.24) is 0 Å². The first-order valence-corrected chi connectivity index (χ1v) is 11.9. The number of allylic oxidation sites excluding steroid dienone is 3. The first kappa shape index (κ1) is 25.8. The molecule has 0 saturated carbocycles. The summed E-state index contributed by atoms with van der Waals surface area (Å²) in [7, 11) is 0. The maximum atomic E-state index is 12.8. The highest BCUT2D eigenvalue weighted by atomic mass is 16.5. The van der Waals surface area contributed by atoms with E-state index in [2.05, 4.69) is 6.08 Å². The number of aromatic hydroxyl groups is 2. The number of hydrogen-bond donors (Lipinski definition) is 3. The van der Waals surface area contributed by atoms with Gasteiger partial charge in [-0.05, 0) is 72.3 Å². The highest BCUT2D eigenvalue weighted by Gasteiger charge is 2.41. The lowest BCUT2D eigenvalue weighted by molar-refractivity contribution is -0.150. The van der Waals surface area contributed by atoms with E-state index in [-0.39, 0.29) is 29.0 Å². The second kappa shape index (κ2) is 9.82. The van der Waals surface area contributed by atoms with Gasteiger partial charge in [-0.1, -0.05) is 18.6 Å². The van der Waals surface area contributed by atoms with E-state index < -0.39 is 35.1 Å². The molecular formula is C27H36O7. The van der Waals surface area contributed by atoms with Crippen LogP contribution in [0.15, 0.2) is 23.0 Å². The number of esters is 1. The fourth-order valence-electron chi connectivity index (χ4n) is 4.86. The van der Waals surface area contributed by atoms with Gasteiger partial charge in [0.1, 0.15) is 34.2 Å². The molecule has 1 aromatic carbocycles. The SMILES string of the molecule is CCC1=C(C)[C@H](O)[C@H](Cc2c(O)c(C(C)=O)c(O)c3c2O[C@](C)(CCC=C(C)C)CC3)C(=O)O1. The molecule has 3 atom stereocenters. The van der Waals surface area contributed by atoms with Gasteiger partial charge >= 0.3 is 5.97 Å². The second-order valence-corrected chi connectivity index (χ2v) is 9.92. The van der Waals surface area contributed by atoms with Crippen molar-refractivity contribution in [1.29, 1.82) is 0 Å². The largest absolute Gasteiger partial charge is 0.507 e. The standard InChI is InChI=1S/C27H36O7/c1-7-20-15(4)22(29)19(26(32)33-20)13-18-24(31)21(16(5)28)23(30)17-10-12-27(6,34-25(17)18)11-8-9-14(2)3/h9,19,22,29-31H,7-8,10-13H2,1-6H3/t19-,22-,27+/m0/s1. The molecule has 0 aliphatic carbocycles. The number of phenols is 2. The average Bonchev–Trinajstić information content (AvgIpc) is 2.75. The summed E-state index contributed by atoms with van der Waals surface area (Å²) in [6, 6.07) is 0. The summed E-state index contributed by atoms with van der Waals surface area (Å²) in [5.41, 5.74) is 1.71. The van der Waals surface area contributed by atoms with Gasteiger partial charge in [-0.2, -0.15) is 0 Å². The van der Waals surface area contributed by atoms with E-state index in [4.69, 9.17) is 9.47 Å². The minimum Gasteiger partial charge on any atom is -0.507 e. The van der Waals surface area contributed by atoms with Crippen molar-refractivity contribution in [3.05, 3.63) is 39.7 Å². The van der Waals surface area contributed by atoms with Gasteiger partial charge in [-0.25, -0.2) is 0 Å². The summed E-state index contributed by atoms with van der Waals surface area (Å²) in [6.07, 6.45) is 4.04. The zero-order valence-corrected chi connectivity index (χ0v) is 20.9. The lowest BCUT2D eigenvalue weighted by Crippen LogP contribution is -2.39. The Morgan fingerprint density at radius 2 is 1.88 bits per heavy atom. The second-order valence-electron chi connectivity index (χ2n) is 9.92. The van der Waals surface area contributed by atoms with E-state index in [9.17, 15) is 24.9 Å². The number of benzene rings is 1. The summed E-state index contributed by atoms with van der Waals surface area (Å²) in [5.74, 6) is -2.04. The number of hydrogen-bond acceptors (Lipinski definition) is 7. The van der Waals surface area contributed by atoms with Crippen LogP contribution in [0, 0.1) is 5.92 Å². The van der Waals surface area contributed by atoms with Crippen molar-refractivity contribution in [2.75, 3.05) is 0 Å². The Balaban J connectivity index is 2.08. The summed E-state index contributed by atoms with van der Waals surface area (Å²) in [6.45, 7) is 10.9. The number of carbonyl (C=O) groups is 2. The zero-order chi connectivity index (χ0) is 25.4. The molecule has 2 aliphatic rings. The van der Waals surface area contributed by atoms with Crippen molar-refractivity contribution < 1.29 is 34.4 Å². The van der Waals surface area contributed by atoms with Crippen LogP contribution in [-0.2, 0) is 22.4 Å². The highest BCUT2D eigenvalue weighted by molar-refractivity contribution is 6.01. The fourth-order valence-corrected chi connectivity index (χ4v) is 4.86. The Bertz CT molecular complexity index is 1060. The first-order chi connectivity index (χ1) is 15.9. The molecule has 2 aliphatic heterocycles. The van der Waals surface area contributed by atoms with Crippen molar-refractivity contribution in [2.24, 2.45) is 5.92 Å². The molecule has 2 heterocycles. The first-order valence-electron chi connectivity index (χ1n) is 11.9. The van der Waals surface area contributed by atoms with Gasteiger partial charge in [-0.3, -0.25) is 9.59 Å². The van der Waals surface area contributed by atoms with Crippen molar-refractivity contribution >= 4 is 11.8 Å². The average molecular weight is 473 g/mol. The molecule has 186 valence electrons. The normalized spacial score (nSPS) is 24.3. The van der Waals surface area contributed by atoms with Crippen LogP contribution >= 0.6 is 0 Å². The molecule has 0 bridgehead atoms. The van der Waals surface area contributed by atoms with Crippen molar-refractivity contribution in [2.45, 2.75) is 91.8 Å². The predicted molar refractivity (Wildman–Crippen MR) is 128 cm³/mol. The van der Waals surface area contributed by atoms with Gasteiger partial charge in [0.2, 0.25) is 0 Å².